The number of thiazole rings is 1. The summed E-state index contributed by atoms with van der Waals surface area (Å²) < 4.78 is 12.5. The van der Waals surface area contributed by atoms with Crippen molar-refractivity contribution in [3.05, 3.63) is 89.5 Å². The molecule has 29 heavy (non-hydrogen) atoms. The molecule has 4 rings (SSSR count). The summed E-state index contributed by atoms with van der Waals surface area (Å²) in [7, 11) is 1.30. The normalized spacial score (nSPS) is 16.6. The van der Waals surface area contributed by atoms with Gasteiger partial charge < -0.3 is 9.15 Å². The number of hydrogen-bond acceptors (Lipinski definition) is 6. The van der Waals surface area contributed by atoms with Crippen LogP contribution in [-0.2, 0) is 9.53 Å². The molecule has 0 spiro atoms. The van der Waals surface area contributed by atoms with Gasteiger partial charge in [0.15, 0.2) is 4.80 Å². The Labute approximate surface area is 175 Å². The Bertz CT molecular complexity index is 1330. The first kappa shape index (κ1) is 19.4. The molecule has 1 atom stereocenters. The van der Waals surface area contributed by atoms with Crippen LogP contribution < -0.4 is 14.9 Å². The van der Waals surface area contributed by atoms with E-state index in [0.717, 1.165) is 5.76 Å². The minimum absolute atomic E-state index is 0.276. The van der Waals surface area contributed by atoms with Crippen LogP contribution in [0.4, 0.5) is 0 Å². The number of fused-ring (bicyclic) bond motifs is 1. The molecule has 0 amide bonds. The van der Waals surface area contributed by atoms with Crippen molar-refractivity contribution in [3.8, 4) is 0 Å². The average Bonchev–Trinajstić information content (AvgIpc) is 3.24. The molecular weight excluding hydrogens is 412 g/mol. The van der Waals surface area contributed by atoms with Gasteiger partial charge in [-0.1, -0.05) is 41.1 Å². The third kappa shape index (κ3) is 3.36. The zero-order chi connectivity index (χ0) is 20.7. The number of benzene rings is 1. The SMILES string of the molecule is COC(=O)C1=C(C)N=c2sc(=Cc3ccc(C)o3)c(=O)n2C1c1ccccc1Cl. The maximum absolute atomic E-state index is 13.3. The standard InChI is InChI=1S/C21H17ClN2O4S/c1-11-8-9-13(28-11)10-16-19(25)24-18(14-6-4-5-7-15(14)22)17(20(26)27-3)12(2)23-21(24)29-16/h4-10,18H,1-3H3. The van der Waals surface area contributed by atoms with E-state index in [9.17, 15) is 9.59 Å². The summed E-state index contributed by atoms with van der Waals surface area (Å²) in [4.78, 5) is 30.9. The number of ether oxygens (including phenoxy) is 1. The molecule has 1 aromatic carbocycles. The first-order valence-corrected chi connectivity index (χ1v) is 10.0. The molecule has 1 aliphatic heterocycles. The van der Waals surface area contributed by atoms with Crippen molar-refractivity contribution >= 4 is 35.0 Å². The fraction of sp³-hybridized carbons (Fsp3) is 0.190. The molecular formula is C21H17ClN2O4S. The molecule has 1 aliphatic rings. The van der Waals surface area contributed by atoms with Crippen molar-refractivity contribution in [2.75, 3.05) is 7.11 Å². The lowest BCUT2D eigenvalue weighted by atomic mass is 9.96. The molecule has 3 heterocycles. The van der Waals surface area contributed by atoms with Crippen molar-refractivity contribution in [1.82, 2.24) is 4.57 Å². The van der Waals surface area contributed by atoms with Crippen LogP contribution in [0.5, 0.6) is 0 Å². The Morgan fingerprint density at radius 3 is 2.69 bits per heavy atom. The van der Waals surface area contributed by atoms with Crippen LogP contribution in [-0.4, -0.2) is 17.6 Å². The lowest BCUT2D eigenvalue weighted by molar-refractivity contribution is -0.136. The molecule has 0 saturated heterocycles. The lowest BCUT2D eigenvalue weighted by Gasteiger charge is -2.25. The van der Waals surface area contributed by atoms with E-state index in [2.05, 4.69) is 4.99 Å². The average molecular weight is 429 g/mol. The van der Waals surface area contributed by atoms with Crippen LogP contribution in [0.15, 0.2) is 61.9 Å². The van der Waals surface area contributed by atoms with E-state index in [1.165, 1.54) is 23.0 Å². The molecule has 6 nitrogen and oxygen atoms in total. The summed E-state index contributed by atoms with van der Waals surface area (Å²) in [5, 5.41) is 0.449. The number of allylic oxidation sites excluding steroid dienone is 1. The number of hydrogen-bond donors (Lipinski definition) is 0. The summed E-state index contributed by atoms with van der Waals surface area (Å²) in [6.07, 6.45) is 1.68. The number of aromatic nitrogens is 1. The molecule has 1 unspecified atom stereocenters. The number of aryl methyl sites for hydroxylation is 1. The zero-order valence-electron chi connectivity index (χ0n) is 15.9. The van der Waals surface area contributed by atoms with E-state index >= 15 is 0 Å². The predicted octanol–water partition coefficient (Wildman–Crippen LogP) is 2.96. The second-order valence-electron chi connectivity index (χ2n) is 6.54. The van der Waals surface area contributed by atoms with Crippen LogP contribution in [0.1, 0.15) is 30.0 Å². The van der Waals surface area contributed by atoms with Crippen molar-refractivity contribution < 1.29 is 13.9 Å². The van der Waals surface area contributed by atoms with Crippen molar-refractivity contribution in [2.24, 2.45) is 4.99 Å². The summed E-state index contributed by atoms with van der Waals surface area (Å²) >= 11 is 7.67. The number of methoxy groups -OCH3 is 1. The van der Waals surface area contributed by atoms with Crippen molar-refractivity contribution in [2.45, 2.75) is 19.9 Å². The van der Waals surface area contributed by atoms with E-state index in [0.29, 0.717) is 31.4 Å². The monoisotopic (exact) mass is 428 g/mol. The molecule has 0 bridgehead atoms. The van der Waals surface area contributed by atoms with E-state index in [4.69, 9.17) is 20.8 Å². The van der Waals surface area contributed by atoms with Crippen molar-refractivity contribution in [3.63, 3.8) is 0 Å². The first-order chi connectivity index (χ1) is 13.9. The molecule has 0 N–H and O–H groups in total. The van der Waals surface area contributed by atoms with Crippen molar-refractivity contribution in [1.29, 1.82) is 0 Å². The lowest BCUT2D eigenvalue weighted by Crippen LogP contribution is -2.39. The van der Waals surface area contributed by atoms with Gasteiger partial charge in [0.25, 0.3) is 5.56 Å². The largest absolute Gasteiger partial charge is 0.466 e. The molecule has 0 radical (unpaired) electrons. The van der Waals surface area contributed by atoms with Crippen LogP contribution in [0.2, 0.25) is 5.02 Å². The highest BCUT2D eigenvalue weighted by Gasteiger charge is 2.34. The number of nitrogens with zero attached hydrogens (tertiary/aromatic N) is 2. The van der Waals surface area contributed by atoms with Gasteiger partial charge in [-0.25, -0.2) is 9.79 Å². The molecule has 0 aliphatic carbocycles. The Kier molecular flexibility index (Phi) is 5.02. The van der Waals surface area contributed by atoms with E-state index in [1.807, 2.05) is 19.1 Å². The topological polar surface area (TPSA) is 73.8 Å². The maximum atomic E-state index is 13.3. The maximum Gasteiger partial charge on any atom is 0.338 e. The number of esters is 1. The summed E-state index contributed by atoms with van der Waals surface area (Å²) in [5.41, 5.74) is 1.13. The molecule has 3 aromatic rings. The minimum Gasteiger partial charge on any atom is -0.466 e. The highest BCUT2D eigenvalue weighted by molar-refractivity contribution is 7.07. The minimum atomic E-state index is -0.729. The molecule has 0 fully saturated rings. The highest BCUT2D eigenvalue weighted by Crippen LogP contribution is 2.34. The fourth-order valence-corrected chi connectivity index (χ4v) is 4.61. The number of carbonyl (C=O) groups is 1. The van der Waals surface area contributed by atoms with Crippen LogP contribution in [0.25, 0.3) is 6.08 Å². The van der Waals surface area contributed by atoms with Gasteiger partial charge in [-0.05, 0) is 37.6 Å². The predicted molar refractivity (Wildman–Crippen MR) is 111 cm³/mol. The summed E-state index contributed by atoms with van der Waals surface area (Å²) in [6.45, 7) is 3.56. The van der Waals surface area contributed by atoms with Gasteiger partial charge >= 0.3 is 5.97 Å². The van der Waals surface area contributed by atoms with Gasteiger partial charge in [-0.3, -0.25) is 9.36 Å². The van der Waals surface area contributed by atoms with Gasteiger partial charge in [-0.2, -0.15) is 0 Å². The first-order valence-electron chi connectivity index (χ1n) is 8.82. The smallest absolute Gasteiger partial charge is 0.338 e. The third-order valence-corrected chi connectivity index (χ3v) is 5.99. The van der Waals surface area contributed by atoms with Crippen LogP contribution >= 0.6 is 22.9 Å². The number of carbonyl (C=O) groups excluding carboxylic acids is 1. The molecule has 2 aromatic heterocycles. The fourth-order valence-electron chi connectivity index (χ4n) is 3.34. The third-order valence-electron chi connectivity index (χ3n) is 4.66. The molecule has 0 saturated carbocycles. The highest BCUT2D eigenvalue weighted by atomic mass is 35.5. The molecule has 148 valence electrons. The number of halogens is 1. The number of furan rings is 1. The zero-order valence-corrected chi connectivity index (χ0v) is 17.5. The van der Waals surface area contributed by atoms with E-state index < -0.39 is 12.0 Å². The Morgan fingerprint density at radius 1 is 1.28 bits per heavy atom. The summed E-state index contributed by atoms with van der Waals surface area (Å²) in [6, 6.07) is 10.0. The van der Waals surface area contributed by atoms with Crippen LogP contribution in [0.3, 0.4) is 0 Å². The van der Waals surface area contributed by atoms with Gasteiger partial charge in [0.2, 0.25) is 0 Å². The Balaban J connectivity index is 2.01. The van der Waals surface area contributed by atoms with Gasteiger partial charge in [0.05, 0.1) is 22.9 Å². The molecule has 8 heteroatoms. The van der Waals surface area contributed by atoms with Crippen LogP contribution in [0, 0.1) is 6.92 Å². The van der Waals surface area contributed by atoms with Gasteiger partial charge in [0, 0.05) is 11.1 Å². The van der Waals surface area contributed by atoms with E-state index in [-0.39, 0.29) is 11.1 Å². The second-order valence-corrected chi connectivity index (χ2v) is 7.96. The summed E-state index contributed by atoms with van der Waals surface area (Å²) in [5.74, 6) is 0.778. The Morgan fingerprint density at radius 2 is 2.03 bits per heavy atom. The van der Waals surface area contributed by atoms with Gasteiger partial charge in [-0.15, -0.1) is 0 Å². The second kappa shape index (κ2) is 7.50. The Hall–Kier alpha value is -2.90. The quantitative estimate of drug-likeness (QED) is 0.601. The number of rotatable bonds is 3. The van der Waals surface area contributed by atoms with E-state index in [1.54, 1.807) is 37.3 Å². The van der Waals surface area contributed by atoms with Gasteiger partial charge in [0.1, 0.15) is 17.6 Å².